The van der Waals surface area contributed by atoms with Gasteiger partial charge in [-0.15, -0.1) is 11.8 Å². The number of carbonyl (C=O) groups excluding carboxylic acids is 3. The van der Waals surface area contributed by atoms with Gasteiger partial charge in [0.25, 0.3) is 0 Å². The van der Waals surface area contributed by atoms with Crippen LogP contribution in [0.3, 0.4) is 0 Å². The third kappa shape index (κ3) is 11.0. The molecule has 0 N–H and O–H groups in total. The van der Waals surface area contributed by atoms with E-state index >= 15 is 0 Å². The second-order valence-electron chi connectivity index (χ2n) is 8.07. The Morgan fingerprint density at radius 1 is 0.667 bits per heavy atom. The molecule has 0 atom stereocenters. The number of carboxylic acid groups (broad SMARTS) is 3. The maximum atomic E-state index is 11.2. The molecular formula is C22H31N4O6S-3. The molecule has 1 aromatic rings. The zero-order chi connectivity index (χ0) is 24.2. The van der Waals surface area contributed by atoms with Crippen LogP contribution >= 0.6 is 11.8 Å². The lowest BCUT2D eigenvalue weighted by Crippen LogP contribution is -2.51. The smallest absolute Gasteiger partial charge is 0.0555 e. The minimum absolute atomic E-state index is 0.244. The van der Waals surface area contributed by atoms with Crippen LogP contribution in [0.15, 0.2) is 29.2 Å². The first-order valence-electron chi connectivity index (χ1n) is 10.9. The number of hydrogen-bond acceptors (Lipinski definition) is 11. The molecular weight excluding hydrogens is 448 g/mol. The molecule has 1 heterocycles. The number of nitrogens with zero attached hydrogens (tertiary/aromatic N) is 4. The highest BCUT2D eigenvalue weighted by Gasteiger charge is 2.17. The van der Waals surface area contributed by atoms with E-state index in [0.717, 1.165) is 10.5 Å². The van der Waals surface area contributed by atoms with Gasteiger partial charge in [0, 0.05) is 83.4 Å². The van der Waals surface area contributed by atoms with E-state index in [1.54, 1.807) is 26.5 Å². The van der Waals surface area contributed by atoms with E-state index in [9.17, 15) is 29.7 Å². The SMILES string of the molecule is CSc1ccc(CN2CCN(CC(=O)[O-])CCN(CC(=O)[O-])CCN(CC(=O)[O-])CC2)cc1. The fraction of sp³-hybridized carbons (Fsp3) is 0.591. The van der Waals surface area contributed by atoms with Crippen molar-refractivity contribution in [3.8, 4) is 0 Å². The van der Waals surface area contributed by atoms with Gasteiger partial charge in [-0.25, -0.2) is 0 Å². The monoisotopic (exact) mass is 479 g/mol. The third-order valence-electron chi connectivity index (χ3n) is 5.55. The first-order valence-corrected chi connectivity index (χ1v) is 12.1. The summed E-state index contributed by atoms with van der Waals surface area (Å²) in [4.78, 5) is 42.0. The third-order valence-corrected chi connectivity index (χ3v) is 6.30. The van der Waals surface area contributed by atoms with Crippen molar-refractivity contribution < 1.29 is 29.7 Å². The molecule has 0 amide bonds. The van der Waals surface area contributed by atoms with Crippen molar-refractivity contribution >= 4 is 29.7 Å². The highest BCUT2D eigenvalue weighted by molar-refractivity contribution is 7.98. The lowest BCUT2D eigenvalue weighted by atomic mass is 10.2. The number of rotatable bonds is 9. The molecule has 1 aliphatic heterocycles. The van der Waals surface area contributed by atoms with Gasteiger partial charge in [0.1, 0.15) is 0 Å². The topological polar surface area (TPSA) is 133 Å². The summed E-state index contributed by atoms with van der Waals surface area (Å²) in [7, 11) is 0. The summed E-state index contributed by atoms with van der Waals surface area (Å²) in [5, 5.41) is 33.6. The molecule has 1 aromatic carbocycles. The largest absolute Gasteiger partial charge is 0.549 e. The normalized spacial score (nSPS) is 18.3. The maximum absolute atomic E-state index is 11.2. The van der Waals surface area contributed by atoms with E-state index in [4.69, 9.17) is 0 Å². The molecule has 0 aliphatic carbocycles. The lowest BCUT2D eigenvalue weighted by Gasteiger charge is -2.34. The van der Waals surface area contributed by atoms with E-state index < -0.39 is 17.9 Å². The van der Waals surface area contributed by atoms with E-state index in [-0.39, 0.29) is 19.6 Å². The quantitative estimate of drug-likeness (QED) is 0.325. The predicted octanol–water partition coefficient (Wildman–Crippen LogP) is -3.62. The Balaban J connectivity index is 2.15. The van der Waals surface area contributed by atoms with Crippen LogP contribution in [0.2, 0.25) is 0 Å². The molecule has 0 unspecified atom stereocenters. The van der Waals surface area contributed by atoms with Gasteiger partial charge < -0.3 is 29.7 Å². The summed E-state index contributed by atoms with van der Waals surface area (Å²) < 4.78 is 0. The van der Waals surface area contributed by atoms with Crippen LogP contribution in [0.25, 0.3) is 0 Å². The number of benzene rings is 1. The van der Waals surface area contributed by atoms with Crippen LogP contribution in [0.5, 0.6) is 0 Å². The van der Waals surface area contributed by atoms with Crippen molar-refractivity contribution in [1.29, 1.82) is 0 Å². The highest BCUT2D eigenvalue weighted by atomic mass is 32.2. The molecule has 11 heteroatoms. The van der Waals surface area contributed by atoms with E-state index in [1.165, 1.54) is 0 Å². The Bertz CT molecular complexity index is 747. The first-order chi connectivity index (χ1) is 15.7. The molecule has 0 bridgehead atoms. The van der Waals surface area contributed by atoms with Crippen molar-refractivity contribution in [2.75, 3.05) is 78.2 Å². The van der Waals surface area contributed by atoms with Crippen molar-refractivity contribution in [2.45, 2.75) is 11.4 Å². The molecule has 0 radical (unpaired) electrons. The highest BCUT2D eigenvalue weighted by Crippen LogP contribution is 2.16. The van der Waals surface area contributed by atoms with Crippen LogP contribution < -0.4 is 15.3 Å². The molecule has 33 heavy (non-hydrogen) atoms. The Morgan fingerprint density at radius 3 is 1.30 bits per heavy atom. The zero-order valence-electron chi connectivity index (χ0n) is 18.9. The maximum Gasteiger partial charge on any atom is 0.0555 e. The van der Waals surface area contributed by atoms with Crippen molar-refractivity contribution in [1.82, 2.24) is 19.6 Å². The molecule has 0 spiro atoms. The van der Waals surface area contributed by atoms with Gasteiger partial charge in [0.05, 0.1) is 17.9 Å². The van der Waals surface area contributed by atoms with Crippen molar-refractivity contribution in [3.63, 3.8) is 0 Å². The Hall–Kier alpha value is -2.18. The Kier molecular flexibility index (Phi) is 11.6. The first kappa shape index (κ1) is 27.1. The van der Waals surface area contributed by atoms with Gasteiger partial charge in [-0.3, -0.25) is 19.6 Å². The molecule has 1 aliphatic rings. The van der Waals surface area contributed by atoms with Gasteiger partial charge in [-0.2, -0.15) is 0 Å². The van der Waals surface area contributed by atoms with Crippen molar-refractivity contribution in [2.24, 2.45) is 0 Å². The average Bonchev–Trinajstić information content (AvgIpc) is 2.75. The average molecular weight is 480 g/mol. The van der Waals surface area contributed by atoms with Gasteiger partial charge in [0.2, 0.25) is 0 Å². The zero-order valence-corrected chi connectivity index (χ0v) is 19.8. The predicted molar refractivity (Wildman–Crippen MR) is 118 cm³/mol. The lowest BCUT2D eigenvalue weighted by molar-refractivity contribution is -0.308. The van der Waals surface area contributed by atoms with Crippen LogP contribution in [0.4, 0.5) is 0 Å². The molecule has 1 fully saturated rings. The fourth-order valence-electron chi connectivity index (χ4n) is 3.75. The van der Waals surface area contributed by atoms with Crippen LogP contribution in [-0.4, -0.2) is 116 Å². The summed E-state index contributed by atoms with van der Waals surface area (Å²) >= 11 is 1.66. The summed E-state index contributed by atoms with van der Waals surface area (Å²) in [6.45, 7) is 3.21. The van der Waals surface area contributed by atoms with E-state index in [2.05, 4.69) is 17.0 Å². The Labute approximate surface area is 198 Å². The number of thioether (sulfide) groups is 1. The van der Waals surface area contributed by atoms with Crippen LogP contribution in [0, 0.1) is 0 Å². The molecule has 10 nitrogen and oxygen atoms in total. The number of hydrogen-bond donors (Lipinski definition) is 0. The number of carbonyl (C=O) groups is 3. The minimum Gasteiger partial charge on any atom is -0.549 e. The second-order valence-corrected chi connectivity index (χ2v) is 8.95. The number of carboxylic acids is 3. The van der Waals surface area contributed by atoms with Gasteiger partial charge in [-0.1, -0.05) is 12.1 Å². The Morgan fingerprint density at radius 2 is 1.00 bits per heavy atom. The minimum atomic E-state index is -1.24. The summed E-state index contributed by atoms with van der Waals surface area (Å²) in [5.74, 6) is -3.61. The second kappa shape index (κ2) is 14.2. The molecule has 0 aromatic heterocycles. The standard InChI is InChI=1S/C22H34N4O6S/c1-33-19-4-2-18(3-5-19)14-23-6-8-24(15-20(27)28)10-12-26(17-22(31)32)13-11-25(9-7-23)16-21(29)30/h2-5H,6-17H2,1H3,(H,27,28)(H,29,30)(H,31,32)/p-3. The van der Waals surface area contributed by atoms with Gasteiger partial charge in [0.15, 0.2) is 0 Å². The molecule has 184 valence electrons. The van der Waals surface area contributed by atoms with E-state index in [1.807, 2.05) is 18.4 Å². The van der Waals surface area contributed by atoms with Gasteiger partial charge >= 0.3 is 0 Å². The summed E-state index contributed by atoms with van der Waals surface area (Å²) in [6.07, 6.45) is 2.01. The molecule has 2 rings (SSSR count). The molecule has 1 saturated heterocycles. The molecule has 0 saturated carbocycles. The van der Waals surface area contributed by atoms with Crippen LogP contribution in [0.1, 0.15) is 5.56 Å². The fourth-order valence-corrected chi connectivity index (χ4v) is 4.16. The van der Waals surface area contributed by atoms with Crippen molar-refractivity contribution in [3.05, 3.63) is 29.8 Å². The summed E-state index contributed by atoms with van der Waals surface area (Å²) in [6, 6.07) is 8.20. The van der Waals surface area contributed by atoms with E-state index in [0.29, 0.717) is 58.9 Å². The van der Waals surface area contributed by atoms with Crippen LogP contribution in [-0.2, 0) is 20.9 Å². The van der Waals surface area contributed by atoms with Gasteiger partial charge in [-0.05, 0) is 24.0 Å². The number of aliphatic carboxylic acids is 3. The summed E-state index contributed by atoms with van der Waals surface area (Å²) in [5.41, 5.74) is 1.11.